The Bertz CT molecular complexity index is 522. The normalized spacial score (nSPS) is 12.6. The van der Waals surface area contributed by atoms with E-state index in [0.29, 0.717) is 12.4 Å². The van der Waals surface area contributed by atoms with Crippen LogP contribution in [-0.2, 0) is 17.9 Å². The van der Waals surface area contributed by atoms with Gasteiger partial charge in [0.15, 0.2) is 0 Å². The number of hydrogen-bond acceptors (Lipinski definition) is 3. The highest BCUT2D eigenvalue weighted by Crippen LogP contribution is 2.22. The molecule has 0 aliphatic carbocycles. The van der Waals surface area contributed by atoms with Crippen molar-refractivity contribution in [2.45, 2.75) is 32.6 Å². The Morgan fingerprint density at radius 3 is 3.00 bits per heavy atom. The lowest BCUT2D eigenvalue weighted by molar-refractivity contribution is 0.183. The van der Waals surface area contributed by atoms with Gasteiger partial charge in [0, 0.05) is 26.0 Å². The largest absolute Gasteiger partial charge is 0.380 e. The third-order valence-electron chi connectivity index (χ3n) is 3.03. The van der Waals surface area contributed by atoms with Crippen molar-refractivity contribution in [3.63, 3.8) is 0 Å². The summed E-state index contributed by atoms with van der Waals surface area (Å²) in [7, 11) is 1.66. The maximum Gasteiger partial charge on any atom is 0.142 e. The molecule has 0 fully saturated rings. The van der Waals surface area contributed by atoms with E-state index < -0.39 is 6.10 Å². The number of aliphatic hydroxyl groups excluding tert-OH is 1. The van der Waals surface area contributed by atoms with Crippen LogP contribution in [0.4, 0.5) is 0 Å². The maximum absolute atomic E-state index is 10.5. The molecule has 4 nitrogen and oxygen atoms in total. The fourth-order valence-corrected chi connectivity index (χ4v) is 2.17. The van der Waals surface area contributed by atoms with Gasteiger partial charge in [0.05, 0.1) is 6.61 Å². The SMILES string of the molecule is CCCn1ccnc1C(O)c1cccc(COC)c1. The second-order valence-electron chi connectivity index (χ2n) is 4.56. The van der Waals surface area contributed by atoms with Crippen molar-refractivity contribution in [3.8, 4) is 0 Å². The second kappa shape index (κ2) is 6.50. The number of nitrogens with zero attached hydrogens (tertiary/aromatic N) is 2. The van der Waals surface area contributed by atoms with Gasteiger partial charge in [-0.25, -0.2) is 4.98 Å². The van der Waals surface area contributed by atoms with E-state index in [-0.39, 0.29) is 0 Å². The predicted molar refractivity (Wildman–Crippen MR) is 73.7 cm³/mol. The van der Waals surface area contributed by atoms with E-state index in [2.05, 4.69) is 11.9 Å². The zero-order valence-electron chi connectivity index (χ0n) is 11.4. The van der Waals surface area contributed by atoms with Crippen molar-refractivity contribution in [2.75, 3.05) is 7.11 Å². The third kappa shape index (κ3) is 3.22. The van der Waals surface area contributed by atoms with E-state index in [9.17, 15) is 5.11 Å². The topological polar surface area (TPSA) is 47.3 Å². The Kier molecular flexibility index (Phi) is 4.71. The van der Waals surface area contributed by atoms with E-state index in [1.165, 1.54) is 0 Å². The average Bonchev–Trinajstić information content (AvgIpc) is 2.87. The first-order chi connectivity index (χ1) is 9.26. The first kappa shape index (κ1) is 13.8. The van der Waals surface area contributed by atoms with Crippen LogP contribution in [-0.4, -0.2) is 21.8 Å². The molecule has 1 atom stereocenters. The quantitative estimate of drug-likeness (QED) is 0.868. The zero-order chi connectivity index (χ0) is 13.7. The number of hydrogen-bond donors (Lipinski definition) is 1. The molecule has 1 aromatic carbocycles. The molecular formula is C15H20N2O2. The van der Waals surface area contributed by atoms with E-state index in [0.717, 1.165) is 24.1 Å². The average molecular weight is 260 g/mol. The highest BCUT2D eigenvalue weighted by atomic mass is 16.5. The number of imidazole rings is 1. The Balaban J connectivity index is 2.25. The van der Waals surface area contributed by atoms with Crippen LogP contribution in [0, 0.1) is 0 Å². The molecule has 0 aliphatic rings. The summed E-state index contributed by atoms with van der Waals surface area (Å²) < 4.78 is 7.11. The molecule has 1 heterocycles. The van der Waals surface area contributed by atoms with Gasteiger partial charge in [-0.05, 0) is 17.5 Å². The number of rotatable bonds is 6. The fraction of sp³-hybridized carbons (Fsp3) is 0.400. The van der Waals surface area contributed by atoms with Crippen LogP contribution in [0.25, 0.3) is 0 Å². The van der Waals surface area contributed by atoms with E-state index in [1.54, 1.807) is 13.3 Å². The standard InChI is InChI=1S/C15H20N2O2/c1-3-8-17-9-7-16-15(17)14(18)13-6-4-5-12(10-13)11-19-2/h4-7,9-10,14,18H,3,8,11H2,1-2H3. The summed E-state index contributed by atoms with van der Waals surface area (Å²) in [6, 6.07) is 7.78. The van der Waals surface area contributed by atoms with Gasteiger partial charge in [-0.15, -0.1) is 0 Å². The lowest BCUT2D eigenvalue weighted by atomic mass is 10.1. The minimum absolute atomic E-state index is 0.546. The van der Waals surface area contributed by atoms with Gasteiger partial charge in [-0.3, -0.25) is 0 Å². The number of aromatic nitrogens is 2. The van der Waals surface area contributed by atoms with Crippen LogP contribution >= 0.6 is 0 Å². The first-order valence-corrected chi connectivity index (χ1v) is 6.53. The Morgan fingerprint density at radius 1 is 1.42 bits per heavy atom. The molecule has 0 radical (unpaired) electrons. The van der Waals surface area contributed by atoms with Crippen LogP contribution in [0.15, 0.2) is 36.7 Å². The third-order valence-corrected chi connectivity index (χ3v) is 3.03. The number of methoxy groups -OCH3 is 1. The molecule has 0 saturated heterocycles. The highest BCUT2D eigenvalue weighted by Gasteiger charge is 2.16. The van der Waals surface area contributed by atoms with E-state index in [4.69, 9.17) is 4.74 Å². The molecular weight excluding hydrogens is 240 g/mol. The van der Waals surface area contributed by atoms with Gasteiger partial charge in [0.1, 0.15) is 11.9 Å². The maximum atomic E-state index is 10.5. The summed E-state index contributed by atoms with van der Waals surface area (Å²) in [6.45, 7) is 3.52. The molecule has 1 aromatic heterocycles. The molecule has 1 unspecified atom stereocenters. The molecule has 0 aliphatic heterocycles. The summed E-state index contributed by atoms with van der Waals surface area (Å²) in [4.78, 5) is 4.27. The molecule has 102 valence electrons. The van der Waals surface area contributed by atoms with Gasteiger partial charge >= 0.3 is 0 Å². The van der Waals surface area contributed by atoms with Gasteiger partial charge in [-0.2, -0.15) is 0 Å². The number of ether oxygens (including phenoxy) is 1. The Morgan fingerprint density at radius 2 is 2.26 bits per heavy atom. The van der Waals surface area contributed by atoms with Crippen molar-refractivity contribution in [1.29, 1.82) is 0 Å². The summed E-state index contributed by atoms with van der Waals surface area (Å²) in [5, 5.41) is 10.5. The molecule has 2 rings (SSSR count). The molecule has 1 N–H and O–H groups in total. The van der Waals surface area contributed by atoms with Crippen molar-refractivity contribution < 1.29 is 9.84 Å². The molecule has 0 saturated carbocycles. The number of aryl methyl sites for hydroxylation is 1. The molecule has 2 aromatic rings. The van der Waals surface area contributed by atoms with Crippen molar-refractivity contribution in [2.24, 2.45) is 0 Å². The minimum atomic E-state index is -0.696. The van der Waals surface area contributed by atoms with E-state index >= 15 is 0 Å². The smallest absolute Gasteiger partial charge is 0.142 e. The molecule has 0 spiro atoms. The van der Waals surface area contributed by atoms with Crippen LogP contribution in [0.5, 0.6) is 0 Å². The summed E-state index contributed by atoms with van der Waals surface area (Å²) in [6.07, 6.45) is 3.95. The Hall–Kier alpha value is -1.65. The number of benzene rings is 1. The first-order valence-electron chi connectivity index (χ1n) is 6.53. The molecule has 0 bridgehead atoms. The molecule has 0 amide bonds. The van der Waals surface area contributed by atoms with Crippen molar-refractivity contribution in [3.05, 3.63) is 53.6 Å². The minimum Gasteiger partial charge on any atom is -0.380 e. The van der Waals surface area contributed by atoms with Crippen LogP contribution < -0.4 is 0 Å². The van der Waals surface area contributed by atoms with E-state index in [1.807, 2.05) is 35.0 Å². The Labute approximate surface area is 113 Å². The van der Waals surface area contributed by atoms with Gasteiger partial charge < -0.3 is 14.4 Å². The lowest BCUT2D eigenvalue weighted by Gasteiger charge is -2.14. The highest BCUT2D eigenvalue weighted by molar-refractivity contribution is 5.28. The van der Waals surface area contributed by atoms with Crippen molar-refractivity contribution in [1.82, 2.24) is 9.55 Å². The fourth-order valence-electron chi connectivity index (χ4n) is 2.17. The monoisotopic (exact) mass is 260 g/mol. The summed E-state index contributed by atoms with van der Waals surface area (Å²) in [5.41, 5.74) is 1.89. The van der Waals surface area contributed by atoms with Crippen LogP contribution in [0.2, 0.25) is 0 Å². The van der Waals surface area contributed by atoms with Gasteiger partial charge in [0.2, 0.25) is 0 Å². The number of aliphatic hydroxyl groups is 1. The van der Waals surface area contributed by atoms with Crippen LogP contribution in [0.3, 0.4) is 0 Å². The lowest BCUT2D eigenvalue weighted by Crippen LogP contribution is -2.10. The van der Waals surface area contributed by atoms with Crippen LogP contribution in [0.1, 0.15) is 36.4 Å². The van der Waals surface area contributed by atoms with Gasteiger partial charge in [0.25, 0.3) is 0 Å². The van der Waals surface area contributed by atoms with Crippen molar-refractivity contribution >= 4 is 0 Å². The summed E-state index contributed by atoms with van der Waals surface area (Å²) in [5.74, 6) is 0.691. The second-order valence-corrected chi connectivity index (χ2v) is 4.56. The summed E-state index contributed by atoms with van der Waals surface area (Å²) >= 11 is 0. The van der Waals surface area contributed by atoms with Gasteiger partial charge in [-0.1, -0.05) is 31.2 Å². The molecule has 19 heavy (non-hydrogen) atoms. The molecule has 4 heteroatoms. The zero-order valence-corrected chi connectivity index (χ0v) is 11.4. The predicted octanol–water partition coefficient (Wildman–Crippen LogP) is 2.52.